The zero-order valence-corrected chi connectivity index (χ0v) is 15.8. The van der Waals surface area contributed by atoms with Crippen LogP contribution in [0.5, 0.6) is 0 Å². The molecular weight excluding hydrogens is 266 g/mol. The molecule has 0 aliphatic heterocycles. The van der Waals surface area contributed by atoms with Gasteiger partial charge >= 0.3 is 0 Å². The third-order valence-corrected chi connectivity index (χ3v) is 5.57. The van der Waals surface area contributed by atoms with Crippen molar-refractivity contribution >= 4 is 0 Å². The molecule has 0 radical (unpaired) electrons. The van der Waals surface area contributed by atoms with E-state index in [1.54, 1.807) is 16.7 Å². The summed E-state index contributed by atoms with van der Waals surface area (Å²) >= 11 is 0. The van der Waals surface area contributed by atoms with E-state index in [1.807, 2.05) is 5.57 Å². The molecule has 0 atom stereocenters. The summed E-state index contributed by atoms with van der Waals surface area (Å²) in [5.74, 6) is 2.25. The highest BCUT2D eigenvalue weighted by Gasteiger charge is 2.32. The van der Waals surface area contributed by atoms with Gasteiger partial charge in [-0.05, 0) is 68.7 Å². The van der Waals surface area contributed by atoms with Crippen molar-refractivity contribution in [2.45, 2.75) is 72.6 Å². The molecular formula is C21H37N. The summed E-state index contributed by atoms with van der Waals surface area (Å²) in [6.45, 7) is 10.8. The van der Waals surface area contributed by atoms with Gasteiger partial charge in [0.25, 0.3) is 0 Å². The van der Waals surface area contributed by atoms with Crippen molar-refractivity contribution in [2.24, 2.45) is 17.8 Å². The SMILES string of the molecule is CC(C)C1=C(C(C)C)C(C2CCCCC2)=C(CCN(C)C)C1. The average Bonchev–Trinajstić information content (AvgIpc) is 2.86. The molecule has 0 aromatic heterocycles. The molecule has 0 aromatic carbocycles. The molecule has 0 N–H and O–H groups in total. The highest BCUT2D eigenvalue weighted by molar-refractivity contribution is 5.50. The first-order valence-corrected chi connectivity index (χ1v) is 9.51. The van der Waals surface area contributed by atoms with Crippen LogP contribution in [-0.4, -0.2) is 25.5 Å². The van der Waals surface area contributed by atoms with Crippen LogP contribution in [0.1, 0.15) is 72.6 Å². The summed E-state index contributed by atoms with van der Waals surface area (Å²) in [7, 11) is 4.41. The van der Waals surface area contributed by atoms with E-state index >= 15 is 0 Å². The molecule has 1 fully saturated rings. The second-order valence-corrected chi connectivity index (χ2v) is 8.33. The first-order chi connectivity index (χ1) is 10.4. The molecule has 0 saturated heterocycles. The van der Waals surface area contributed by atoms with Gasteiger partial charge in [0.1, 0.15) is 0 Å². The van der Waals surface area contributed by atoms with Crippen LogP contribution in [0, 0.1) is 17.8 Å². The van der Waals surface area contributed by atoms with E-state index in [9.17, 15) is 0 Å². The second-order valence-electron chi connectivity index (χ2n) is 8.33. The van der Waals surface area contributed by atoms with Crippen LogP contribution < -0.4 is 0 Å². The van der Waals surface area contributed by atoms with Gasteiger partial charge in [-0.2, -0.15) is 0 Å². The molecule has 1 saturated carbocycles. The summed E-state index contributed by atoms with van der Waals surface area (Å²) in [5, 5.41) is 0. The maximum Gasteiger partial charge on any atom is 0.00128 e. The fourth-order valence-corrected chi connectivity index (χ4v) is 4.46. The fourth-order valence-electron chi connectivity index (χ4n) is 4.46. The summed E-state index contributed by atoms with van der Waals surface area (Å²) < 4.78 is 0. The van der Waals surface area contributed by atoms with Gasteiger partial charge in [-0.3, -0.25) is 0 Å². The smallest absolute Gasteiger partial charge is 0.00128 e. The lowest BCUT2D eigenvalue weighted by Gasteiger charge is -2.28. The minimum atomic E-state index is 0.686. The predicted octanol–water partition coefficient (Wildman–Crippen LogP) is 5.83. The van der Waals surface area contributed by atoms with Crippen LogP contribution in [0.2, 0.25) is 0 Å². The molecule has 1 heteroatoms. The molecule has 1 nitrogen and oxygen atoms in total. The Morgan fingerprint density at radius 2 is 1.59 bits per heavy atom. The number of hydrogen-bond donors (Lipinski definition) is 0. The lowest BCUT2D eigenvalue weighted by molar-refractivity contribution is 0.392. The summed E-state index contributed by atoms with van der Waals surface area (Å²) in [6.07, 6.45) is 9.74. The van der Waals surface area contributed by atoms with Crippen LogP contribution in [0.3, 0.4) is 0 Å². The Morgan fingerprint density at radius 3 is 2.09 bits per heavy atom. The fraction of sp³-hybridized carbons (Fsp3) is 0.810. The third-order valence-electron chi connectivity index (χ3n) is 5.57. The Hall–Kier alpha value is -0.560. The van der Waals surface area contributed by atoms with Gasteiger partial charge in [0.2, 0.25) is 0 Å². The van der Waals surface area contributed by atoms with Crippen LogP contribution >= 0.6 is 0 Å². The van der Waals surface area contributed by atoms with E-state index in [1.165, 1.54) is 51.5 Å². The summed E-state index contributed by atoms with van der Waals surface area (Å²) in [6, 6.07) is 0. The van der Waals surface area contributed by atoms with Crippen molar-refractivity contribution < 1.29 is 0 Å². The van der Waals surface area contributed by atoms with Crippen molar-refractivity contribution in [1.82, 2.24) is 4.90 Å². The molecule has 0 unspecified atom stereocenters. The van der Waals surface area contributed by atoms with E-state index in [2.05, 4.69) is 46.7 Å². The minimum Gasteiger partial charge on any atom is -0.309 e. The second kappa shape index (κ2) is 7.81. The molecule has 0 heterocycles. The van der Waals surface area contributed by atoms with Gasteiger partial charge < -0.3 is 4.90 Å². The third kappa shape index (κ3) is 4.04. The standard InChI is InChI=1S/C21H37N/c1-15(2)19-14-18(12-13-22(5)6)21(20(19)16(3)4)17-10-8-7-9-11-17/h15-17H,7-14H2,1-6H3. The zero-order chi connectivity index (χ0) is 16.3. The Labute approximate surface area is 138 Å². The molecule has 2 rings (SSSR count). The van der Waals surface area contributed by atoms with E-state index in [0.29, 0.717) is 11.8 Å². The lowest BCUT2D eigenvalue weighted by Crippen LogP contribution is -2.16. The van der Waals surface area contributed by atoms with Crippen molar-refractivity contribution in [3.05, 3.63) is 22.3 Å². The Balaban J connectivity index is 2.34. The Morgan fingerprint density at radius 1 is 0.955 bits per heavy atom. The van der Waals surface area contributed by atoms with Crippen molar-refractivity contribution in [3.8, 4) is 0 Å². The van der Waals surface area contributed by atoms with E-state index in [0.717, 1.165) is 5.92 Å². The Bertz CT molecular complexity index is 431. The van der Waals surface area contributed by atoms with Gasteiger partial charge in [0.05, 0.1) is 0 Å². The number of allylic oxidation sites excluding steroid dienone is 3. The van der Waals surface area contributed by atoms with Gasteiger partial charge in [-0.25, -0.2) is 0 Å². The predicted molar refractivity (Wildman–Crippen MR) is 98.1 cm³/mol. The quantitative estimate of drug-likeness (QED) is 0.597. The molecule has 0 bridgehead atoms. The minimum absolute atomic E-state index is 0.686. The highest BCUT2D eigenvalue weighted by Crippen LogP contribution is 2.47. The highest BCUT2D eigenvalue weighted by atomic mass is 15.0. The molecule has 2 aliphatic rings. The molecule has 0 amide bonds. The zero-order valence-electron chi connectivity index (χ0n) is 15.8. The molecule has 0 spiro atoms. The maximum atomic E-state index is 2.41. The van der Waals surface area contributed by atoms with Gasteiger partial charge in [0.15, 0.2) is 0 Å². The first kappa shape index (κ1) is 17.8. The van der Waals surface area contributed by atoms with Gasteiger partial charge in [0, 0.05) is 6.54 Å². The maximum absolute atomic E-state index is 2.41. The lowest BCUT2D eigenvalue weighted by atomic mass is 9.77. The van der Waals surface area contributed by atoms with Crippen molar-refractivity contribution in [2.75, 3.05) is 20.6 Å². The number of nitrogens with zero attached hydrogens (tertiary/aromatic N) is 1. The van der Waals surface area contributed by atoms with E-state index in [4.69, 9.17) is 0 Å². The average molecular weight is 304 g/mol. The Kier molecular flexibility index (Phi) is 6.32. The van der Waals surface area contributed by atoms with Gasteiger partial charge in [-0.1, -0.05) is 58.1 Å². The van der Waals surface area contributed by atoms with Crippen molar-refractivity contribution in [3.63, 3.8) is 0 Å². The van der Waals surface area contributed by atoms with Crippen molar-refractivity contribution in [1.29, 1.82) is 0 Å². The number of rotatable bonds is 6. The van der Waals surface area contributed by atoms with Gasteiger partial charge in [-0.15, -0.1) is 0 Å². The monoisotopic (exact) mass is 303 g/mol. The van der Waals surface area contributed by atoms with Crippen LogP contribution in [-0.2, 0) is 0 Å². The molecule has 22 heavy (non-hydrogen) atoms. The largest absolute Gasteiger partial charge is 0.309 e. The number of hydrogen-bond acceptors (Lipinski definition) is 1. The van der Waals surface area contributed by atoms with Crippen LogP contribution in [0.15, 0.2) is 22.3 Å². The van der Waals surface area contributed by atoms with E-state index in [-0.39, 0.29) is 0 Å². The van der Waals surface area contributed by atoms with Crippen LogP contribution in [0.4, 0.5) is 0 Å². The molecule has 0 aromatic rings. The van der Waals surface area contributed by atoms with E-state index < -0.39 is 0 Å². The first-order valence-electron chi connectivity index (χ1n) is 9.51. The summed E-state index contributed by atoms with van der Waals surface area (Å²) in [4.78, 5) is 2.34. The normalized spacial score (nSPS) is 21.1. The topological polar surface area (TPSA) is 3.24 Å². The summed E-state index contributed by atoms with van der Waals surface area (Å²) in [5.41, 5.74) is 7.12. The van der Waals surface area contributed by atoms with Crippen LogP contribution in [0.25, 0.3) is 0 Å². The molecule has 2 aliphatic carbocycles. The molecule has 126 valence electrons.